The number of alkyl halides is 6. The van der Waals surface area contributed by atoms with Gasteiger partial charge in [-0.05, 0) is 54.8 Å². The minimum absolute atomic E-state index is 0.0260. The van der Waals surface area contributed by atoms with Gasteiger partial charge in [0, 0.05) is 24.3 Å². The lowest BCUT2D eigenvalue weighted by atomic mass is 9.85. The molecule has 0 radical (unpaired) electrons. The number of hydroxylamine groups is 1. The molecule has 0 aliphatic carbocycles. The molecule has 4 aromatic rings. The van der Waals surface area contributed by atoms with Crippen molar-refractivity contribution in [1.82, 2.24) is 24.8 Å². The topological polar surface area (TPSA) is 169 Å². The van der Waals surface area contributed by atoms with Crippen LogP contribution in [0.15, 0.2) is 68.6 Å². The smallest absolute Gasteiger partial charge is 0.449 e. The number of piperidine rings is 1. The SMILES string of the molecule is CONC(=O)Nc1cccc(C(Cn2c(=O)c3c(n(Cc4c(F)cccc4C(F)(F)F)c2=O)COC32CCN(Cc3ccc(C(F)(F)F)o3)CC2)NC(=O)O)c1. The van der Waals surface area contributed by atoms with Crippen molar-refractivity contribution in [3.05, 3.63) is 121 Å². The van der Waals surface area contributed by atoms with Gasteiger partial charge in [-0.15, -0.1) is 0 Å². The van der Waals surface area contributed by atoms with Crippen LogP contribution in [0.4, 0.5) is 46.0 Å². The quantitative estimate of drug-likeness (QED) is 0.119. The van der Waals surface area contributed by atoms with E-state index in [2.05, 4.69) is 15.5 Å². The van der Waals surface area contributed by atoms with E-state index in [4.69, 9.17) is 9.15 Å². The number of benzene rings is 2. The second-order valence-corrected chi connectivity index (χ2v) is 13.1. The Labute approximate surface area is 311 Å². The number of carbonyl (C=O) groups excluding carboxylic acids is 1. The molecule has 2 aliphatic rings. The third kappa shape index (κ3) is 8.28. The summed E-state index contributed by atoms with van der Waals surface area (Å²) in [5.41, 5.74) is -3.70. The van der Waals surface area contributed by atoms with Gasteiger partial charge in [-0.3, -0.25) is 23.7 Å². The van der Waals surface area contributed by atoms with E-state index in [1.807, 2.05) is 5.48 Å². The molecule has 14 nitrogen and oxygen atoms in total. The van der Waals surface area contributed by atoms with E-state index in [1.54, 1.807) is 4.90 Å². The summed E-state index contributed by atoms with van der Waals surface area (Å²) in [6.07, 6.45) is -11.2. The number of carbonyl (C=O) groups is 2. The average molecular weight is 799 g/mol. The number of anilines is 1. The normalized spacial score (nSPS) is 16.1. The van der Waals surface area contributed by atoms with Gasteiger partial charge < -0.3 is 24.9 Å². The maximum Gasteiger partial charge on any atom is 0.449 e. The number of halogens is 7. The van der Waals surface area contributed by atoms with E-state index in [1.165, 1.54) is 37.4 Å². The van der Waals surface area contributed by atoms with Gasteiger partial charge in [0.1, 0.15) is 17.2 Å². The van der Waals surface area contributed by atoms with E-state index in [0.29, 0.717) is 10.6 Å². The molecule has 300 valence electrons. The molecule has 1 fully saturated rings. The molecule has 1 unspecified atom stereocenters. The van der Waals surface area contributed by atoms with Crippen LogP contribution in [0.1, 0.15) is 58.4 Å². The second kappa shape index (κ2) is 15.5. The van der Waals surface area contributed by atoms with Crippen molar-refractivity contribution < 1.29 is 59.4 Å². The summed E-state index contributed by atoms with van der Waals surface area (Å²) in [7, 11) is 1.19. The monoisotopic (exact) mass is 798 g/mol. The van der Waals surface area contributed by atoms with Crippen LogP contribution >= 0.6 is 0 Å². The number of rotatable bonds is 10. The van der Waals surface area contributed by atoms with E-state index in [0.717, 1.165) is 22.8 Å². The molecule has 1 saturated heterocycles. The maximum absolute atomic E-state index is 15.2. The van der Waals surface area contributed by atoms with Crippen molar-refractivity contribution in [2.75, 3.05) is 25.5 Å². The molecule has 21 heteroatoms. The summed E-state index contributed by atoms with van der Waals surface area (Å²) in [4.78, 5) is 59.1. The number of nitrogens with one attached hydrogen (secondary N) is 3. The van der Waals surface area contributed by atoms with Crippen molar-refractivity contribution in [2.45, 2.75) is 63.1 Å². The van der Waals surface area contributed by atoms with Gasteiger partial charge in [0.25, 0.3) is 5.56 Å². The van der Waals surface area contributed by atoms with Crippen LogP contribution in [0.5, 0.6) is 0 Å². The van der Waals surface area contributed by atoms with Crippen LogP contribution in [0.25, 0.3) is 0 Å². The number of hydrogen-bond acceptors (Lipinski definition) is 8. The molecule has 2 aromatic heterocycles. The Morgan fingerprint density at radius 2 is 1.68 bits per heavy atom. The molecule has 1 atom stereocenters. The Kier molecular flexibility index (Phi) is 11.0. The Morgan fingerprint density at radius 1 is 0.964 bits per heavy atom. The minimum Gasteiger partial charge on any atom is -0.465 e. The Morgan fingerprint density at radius 3 is 2.32 bits per heavy atom. The molecule has 0 saturated carbocycles. The molecule has 0 bridgehead atoms. The fourth-order valence-electron chi connectivity index (χ4n) is 7.05. The number of furan rings is 1. The van der Waals surface area contributed by atoms with Crippen molar-refractivity contribution in [3.63, 3.8) is 0 Å². The molecule has 4 heterocycles. The summed E-state index contributed by atoms with van der Waals surface area (Å²) < 4.78 is 109. The van der Waals surface area contributed by atoms with Crippen molar-refractivity contribution in [1.29, 1.82) is 0 Å². The maximum atomic E-state index is 15.2. The molecule has 4 N–H and O–H groups in total. The summed E-state index contributed by atoms with van der Waals surface area (Å²) in [5.74, 6) is -2.43. The largest absolute Gasteiger partial charge is 0.465 e. The van der Waals surface area contributed by atoms with Gasteiger partial charge in [0.15, 0.2) is 0 Å². The lowest BCUT2D eigenvalue weighted by molar-refractivity contribution is -0.153. The fraction of sp³-hybridized carbons (Fsp3) is 0.371. The van der Waals surface area contributed by atoms with E-state index in [-0.39, 0.29) is 60.7 Å². The molecule has 6 rings (SSSR count). The van der Waals surface area contributed by atoms with Gasteiger partial charge in [0.2, 0.25) is 5.76 Å². The molecule has 2 aliphatic heterocycles. The van der Waals surface area contributed by atoms with Crippen LogP contribution in [-0.2, 0) is 53.8 Å². The third-order valence-electron chi connectivity index (χ3n) is 9.61. The molecule has 1 spiro atoms. The van der Waals surface area contributed by atoms with Crippen LogP contribution in [0, 0.1) is 5.82 Å². The number of ether oxygens (including phenoxy) is 1. The molecular weight excluding hydrogens is 765 g/mol. The Hall–Kier alpha value is -5.67. The van der Waals surface area contributed by atoms with E-state index in [9.17, 15) is 50.6 Å². The highest BCUT2D eigenvalue weighted by Gasteiger charge is 2.48. The highest BCUT2D eigenvalue weighted by atomic mass is 19.4. The first-order chi connectivity index (χ1) is 26.4. The lowest BCUT2D eigenvalue weighted by Crippen LogP contribution is -2.50. The average Bonchev–Trinajstić information content (AvgIpc) is 3.75. The van der Waals surface area contributed by atoms with E-state index >= 15 is 4.39 Å². The minimum atomic E-state index is -5.03. The van der Waals surface area contributed by atoms with Gasteiger partial charge in [-0.25, -0.2) is 24.3 Å². The first-order valence-corrected chi connectivity index (χ1v) is 16.8. The standard InChI is InChI=1S/C35H33F7N6O8/c1-54-45-30(50)43-20-5-2-4-19(14-20)25(44-31(51)52)17-48-29(49)28-26(47(32(48)53)16-22-23(34(37,38)39)6-3-7-24(22)36)18-55-33(28)10-12-46(13-11-33)15-21-8-9-27(56-21)35(40,41)42/h2-9,14,25,44H,10-13,15-18H2,1H3,(H,51,52)(H2,43,45,50). The fourth-order valence-corrected chi connectivity index (χ4v) is 7.05. The van der Waals surface area contributed by atoms with Crippen molar-refractivity contribution in [3.8, 4) is 0 Å². The zero-order valence-corrected chi connectivity index (χ0v) is 29.2. The van der Waals surface area contributed by atoms with Crippen LogP contribution < -0.4 is 27.4 Å². The lowest BCUT2D eigenvalue weighted by Gasteiger charge is -2.38. The number of urea groups is 1. The third-order valence-corrected chi connectivity index (χ3v) is 9.61. The van der Waals surface area contributed by atoms with Gasteiger partial charge >= 0.3 is 30.2 Å². The summed E-state index contributed by atoms with van der Waals surface area (Å²) in [6, 6.07) is 7.79. The number of likely N-dealkylation sites (tertiary alicyclic amines) is 1. The summed E-state index contributed by atoms with van der Waals surface area (Å²) in [6.45, 7) is -1.87. The zero-order chi connectivity index (χ0) is 40.6. The van der Waals surface area contributed by atoms with Gasteiger partial charge in [-0.2, -0.15) is 26.3 Å². The first kappa shape index (κ1) is 40.0. The Bertz CT molecular complexity index is 2240. The highest BCUT2D eigenvalue weighted by molar-refractivity contribution is 5.88. The second-order valence-electron chi connectivity index (χ2n) is 13.1. The van der Waals surface area contributed by atoms with Crippen LogP contribution in [0.2, 0.25) is 0 Å². The molecule has 56 heavy (non-hydrogen) atoms. The number of hydrogen-bond donors (Lipinski definition) is 4. The predicted molar refractivity (Wildman–Crippen MR) is 180 cm³/mol. The predicted octanol–water partition coefficient (Wildman–Crippen LogP) is 5.54. The highest BCUT2D eigenvalue weighted by Crippen LogP contribution is 2.43. The molecule has 3 amide bonds. The van der Waals surface area contributed by atoms with Crippen molar-refractivity contribution in [2.24, 2.45) is 0 Å². The zero-order valence-electron chi connectivity index (χ0n) is 29.2. The van der Waals surface area contributed by atoms with Crippen LogP contribution in [0.3, 0.4) is 0 Å². The van der Waals surface area contributed by atoms with Crippen molar-refractivity contribution >= 4 is 17.8 Å². The number of carboxylic acid groups (broad SMARTS) is 1. The first-order valence-electron chi connectivity index (χ1n) is 16.8. The van der Waals surface area contributed by atoms with Gasteiger partial charge in [0.05, 0.1) is 56.2 Å². The number of aromatic nitrogens is 2. The van der Waals surface area contributed by atoms with Crippen LogP contribution in [-0.4, -0.2) is 51.5 Å². The number of nitrogens with zero attached hydrogens (tertiary/aromatic N) is 3. The molecule has 2 aromatic carbocycles. The van der Waals surface area contributed by atoms with Gasteiger partial charge in [-0.1, -0.05) is 18.2 Å². The summed E-state index contributed by atoms with van der Waals surface area (Å²) in [5, 5.41) is 14.4. The summed E-state index contributed by atoms with van der Waals surface area (Å²) >= 11 is 0. The van der Waals surface area contributed by atoms with E-state index < -0.39 is 89.8 Å². The Balaban J connectivity index is 1.42. The number of fused-ring (bicyclic) bond motifs is 2. The number of amides is 3. The molecular formula is C35H33F7N6O8.